The predicted molar refractivity (Wildman–Crippen MR) is 140 cm³/mol. The Labute approximate surface area is 197 Å². The third kappa shape index (κ3) is 3.88. The largest absolute Gasteiger partial charge is 0.256 e. The van der Waals surface area contributed by atoms with Crippen LogP contribution in [0.15, 0.2) is 79.0 Å². The number of pyridine rings is 1. The highest BCUT2D eigenvalue weighted by Gasteiger charge is 2.36. The molecule has 7 rings (SSSR count). The quantitative estimate of drug-likeness (QED) is 0.314. The Hall–Kier alpha value is -2.93. The fraction of sp³-hybridized carbons (Fsp3) is 0.344. The molecule has 2 bridgehead atoms. The molecule has 3 saturated carbocycles. The standard InChI is InChI=1S/C32H33N/c1-21(2)31-20-33-32(24-6-4-3-5-7-24)19-30(31)28-15-13-25-17-27(14-12-26(25)18-28)29-16-22-8-10-23(29)11-9-22/h3-7,12-15,17-23,29H,8-11,16H2,1-2H3. The first-order valence-corrected chi connectivity index (χ1v) is 12.7. The molecule has 1 heteroatoms. The highest BCUT2D eigenvalue weighted by molar-refractivity contribution is 5.89. The lowest BCUT2D eigenvalue weighted by Gasteiger charge is -2.42. The van der Waals surface area contributed by atoms with Gasteiger partial charge in [-0.1, -0.05) is 87.4 Å². The van der Waals surface area contributed by atoms with Crippen molar-refractivity contribution in [1.82, 2.24) is 4.98 Å². The van der Waals surface area contributed by atoms with Crippen molar-refractivity contribution < 1.29 is 0 Å². The van der Waals surface area contributed by atoms with E-state index in [2.05, 4.69) is 92.8 Å². The molecule has 0 amide bonds. The molecular formula is C32H33N. The van der Waals surface area contributed by atoms with E-state index in [4.69, 9.17) is 4.98 Å². The Kier molecular flexibility index (Phi) is 5.29. The molecule has 3 aliphatic carbocycles. The second-order valence-corrected chi connectivity index (χ2v) is 10.6. The smallest absolute Gasteiger partial charge is 0.0708 e. The summed E-state index contributed by atoms with van der Waals surface area (Å²) < 4.78 is 0. The van der Waals surface area contributed by atoms with Gasteiger partial charge in [-0.05, 0) is 88.1 Å². The van der Waals surface area contributed by atoms with Gasteiger partial charge >= 0.3 is 0 Å². The summed E-state index contributed by atoms with van der Waals surface area (Å²) in [5.74, 6) is 3.09. The predicted octanol–water partition coefficient (Wildman–Crippen LogP) is 8.99. The van der Waals surface area contributed by atoms with Gasteiger partial charge in [0.25, 0.3) is 0 Å². The molecule has 0 radical (unpaired) electrons. The van der Waals surface area contributed by atoms with Gasteiger partial charge in [0.15, 0.2) is 0 Å². The van der Waals surface area contributed by atoms with E-state index in [1.54, 1.807) is 5.56 Å². The highest BCUT2D eigenvalue weighted by Crippen LogP contribution is 2.50. The lowest BCUT2D eigenvalue weighted by molar-refractivity contribution is 0.145. The summed E-state index contributed by atoms with van der Waals surface area (Å²) in [7, 11) is 0. The molecule has 166 valence electrons. The van der Waals surface area contributed by atoms with E-state index >= 15 is 0 Å². The molecule has 1 nitrogen and oxygen atoms in total. The molecule has 1 atom stereocenters. The fourth-order valence-corrected chi connectivity index (χ4v) is 6.39. The minimum atomic E-state index is 0.428. The van der Waals surface area contributed by atoms with Crippen LogP contribution in [-0.4, -0.2) is 4.98 Å². The summed E-state index contributed by atoms with van der Waals surface area (Å²) in [5, 5.41) is 2.71. The van der Waals surface area contributed by atoms with E-state index in [0.717, 1.165) is 23.4 Å². The molecule has 4 aromatic rings. The average molecular weight is 432 g/mol. The molecule has 1 aromatic heterocycles. The van der Waals surface area contributed by atoms with Crippen LogP contribution in [0, 0.1) is 11.8 Å². The summed E-state index contributed by atoms with van der Waals surface area (Å²) in [4.78, 5) is 4.80. The van der Waals surface area contributed by atoms with Crippen molar-refractivity contribution >= 4 is 10.8 Å². The van der Waals surface area contributed by atoms with E-state index in [0.29, 0.717) is 5.92 Å². The van der Waals surface area contributed by atoms with Gasteiger partial charge in [0.05, 0.1) is 5.69 Å². The first kappa shape index (κ1) is 20.7. The summed E-state index contributed by atoms with van der Waals surface area (Å²) in [6.07, 6.45) is 9.30. The number of aromatic nitrogens is 1. The Morgan fingerprint density at radius 3 is 2.24 bits per heavy atom. The van der Waals surface area contributed by atoms with Gasteiger partial charge in [-0.25, -0.2) is 0 Å². The number of rotatable bonds is 4. The van der Waals surface area contributed by atoms with Crippen LogP contribution in [0.3, 0.4) is 0 Å². The lowest BCUT2D eigenvalue weighted by atomic mass is 9.63. The Balaban J connectivity index is 1.39. The first-order chi connectivity index (χ1) is 16.2. The zero-order valence-corrected chi connectivity index (χ0v) is 19.8. The van der Waals surface area contributed by atoms with Crippen molar-refractivity contribution in [3.05, 3.63) is 90.1 Å². The van der Waals surface area contributed by atoms with Crippen molar-refractivity contribution in [2.24, 2.45) is 11.8 Å². The van der Waals surface area contributed by atoms with Crippen LogP contribution in [0.25, 0.3) is 33.2 Å². The molecule has 33 heavy (non-hydrogen) atoms. The highest BCUT2D eigenvalue weighted by atomic mass is 14.7. The maximum Gasteiger partial charge on any atom is 0.0708 e. The van der Waals surface area contributed by atoms with E-state index in [9.17, 15) is 0 Å². The van der Waals surface area contributed by atoms with E-state index in [1.807, 2.05) is 0 Å². The molecule has 0 aliphatic heterocycles. The van der Waals surface area contributed by atoms with Crippen molar-refractivity contribution in [3.63, 3.8) is 0 Å². The first-order valence-electron chi connectivity index (χ1n) is 12.7. The van der Waals surface area contributed by atoms with Gasteiger partial charge in [-0.15, -0.1) is 0 Å². The number of fused-ring (bicyclic) bond motifs is 4. The van der Waals surface area contributed by atoms with Crippen LogP contribution in [0.1, 0.15) is 68.9 Å². The van der Waals surface area contributed by atoms with Crippen LogP contribution < -0.4 is 0 Å². The molecule has 0 saturated heterocycles. The summed E-state index contributed by atoms with van der Waals surface area (Å²) in [5.41, 5.74) is 7.68. The van der Waals surface area contributed by atoms with Gasteiger partial charge in [-0.3, -0.25) is 4.98 Å². The molecule has 3 fully saturated rings. The summed E-state index contributed by atoms with van der Waals surface area (Å²) in [6, 6.07) is 27.1. The molecule has 3 aromatic carbocycles. The second-order valence-electron chi connectivity index (χ2n) is 10.6. The summed E-state index contributed by atoms with van der Waals surface area (Å²) in [6.45, 7) is 4.52. The topological polar surface area (TPSA) is 12.9 Å². The molecule has 0 N–H and O–H groups in total. The number of benzene rings is 3. The fourth-order valence-electron chi connectivity index (χ4n) is 6.39. The SMILES string of the molecule is CC(C)c1cnc(-c2ccccc2)cc1-c1ccc2cc(C3CC4CCC3CC4)ccc2c1. The molecule has 1 unspecified atom stereocenters. The Morgan fingerprint density at radius 1 is 0.758 bits per heavy atom. The van der Waals surface area contributed by atoms with E-state index < -0.39 is 0 Å². The number of hydrogen-bond acceptors (Lipinski definition) is 1. The third-order valence-electron chi connectivity index (χ3n) is 8.28. The minimum absolute atomic E-state index is 0.428. The third-order valence-corrected chi connectivity index (χ3v) is 8.28. The molecule has 1 heterocycles. The maximum absolute atomic E-state index is 4.80. The van der Waals surface area contributed by atoms with E-state index in [-0.39, 0.29) is 0 Å². The van der Waals surface area contributed by atoms with Crippen molar-refractivity contribution in [2.45, 2.75) is 57.8 Å². The van der Waals surface area contributed by atoms with Crippen LogP contribution in [0.2, 0.25) is 0 Å². The molecule has 0 spiro atoms. The van der Waals surface area contributed by atoms with E-state index in [1.165, 1.54) is 65.1 Å². The van der Waals surface area contributed by atoms with Gasteiger partial charge in [0, 0.05) is 11.8 Å². The van der Waals surface area contributed by atoms with Crippen molar-refractivity contribution in [3.8, 4) is 22.4 Å². The monoisotopic (exact) mass is 431 g/mol. The van der Waals surface area contributed by atoms with Crippen LogP contribution in [-0.2, 0) is 0 Å². The zero-order valence-electron chi connectivity index (χ0n) is 19.8. The lowest BCUT2D eigenvalue weighted by Crippen LogP contribution is -2.29. The van der Waals surface area contributed by atoms with Gasteiger partial charge in [-0.2, -0.15) is 0 Å². The Bertz CT molecular complexity index is 1280. The van der Waals surface area contributed by atoms with Crippen molar-refractivity contribution in [1.29, 1.82) is 0 Å². The van der Waals surface area contributed by atoms with Gasteiger partial charge in [0.2, 0.25) is 0 Å². The second kappa shape index (κ2) is 8.45. The molecular weight excluding hydrogens is 398 g/mol. The maximum atomic E-state index is 4.80. The Morgan fingerprint density at radius 2 is 1.52 bits per heavy atom. The number of nitrogens with zero attached hydrogens (tertiary/aromatic N) is 1. The van der Waals surface area contributed by atoms with Crippen LogP contribution in [0.4, 0.5) is 0 Å². The van der Waals surface area contributed by atoms with Gasteiger partial charge in [0.1, 0.15) is 0 Å². The van der Waals surface area contributed by atoms with Crippen molar-refractivity contribution in [2.75, 3.05) is 0 Å². The molecule has 3 aliphatic rings. The van der Waals surface area contributed by atoms with Crippen LogP contribution in [0.5, 0.6) is 0 Å². The minimum Gasteiger partial charge on any atom is -0.256 e. The number of hydrogen-bond donors (Lipinski definition) is 0. The van der Waals surface area contributed by atoms with Crippen LogP contribution >= 0.6 is 0 Å². The average Bonchev–Trinajstić information content (AvgIpc) is 2.89. The van der Waals surface area contributed by atoms with Gasteiger partial charge < -0.3 is 0 Å². The summed E-state index contributed by atoms with van der Waals surface area (Å²) >= 11 is 0. The normalized spacial score (nSPS) is 22.2. The zero-order chi connectivity index (χ0) is 22.4.